The van der Waals surface area contributed by atoms with E-state index in [-0.39, 0.29) is 17.9 Å². The molecule has 0 N–H and O–H groups in total. The average molecular weight is 340 g/mol. The van der Waals surface area contributed by atoms with Crippen LogP contribution in [0.5, 0.6) is 0 Å². The van der Waals surface area contributed by atoms with E-state index < -0.39 is 0 Å². The third kappa shape index (κ3) is 3.78. The number of amides is 2. The van der Waals surface area contributed by atoms with Gasteiger partial charge in [-0.05, 0) is 25.3 Å². The molecule has 4 nitrogen and oxygen atoms in total. The molecule has 4 heteroatoms. The van der Waals surface area contributed by atoms with Crippen LogP contribution in [0.3, 0.4) is 0 Å². The van der Waals surface area contributed by atoms with Gasteiger partial charge in [0.05, 0.1) is 6.04 Å². The molecule has 1 aromatic carbocycles. The minimum Gasteiger partial charge on any atom is -0.342 e. The maximum atomic E-state index is 12.5. The van der Waals surface area contributed by atoms with E-state index >= 15 is 0 Å². The Bertz CT molecular complexity index is 641. The van der Waals surface area contributed by atoms with Crippen molar-refractivity contribution in [2.75, 3.05) is 19.6 Å². The minimum atomic E-state index is 0.101. The number of fused-ring (bicyclic) bond motifs is 1. The topological polar surface area (TPSA) is 40.6 Å². The molecule has 2 aliphatic heterocycles. The Hall–Kier alpha value is -2.10. The number of likely N-dealkylation sites (tertiary alicyclic amines) is 2. The smallest absolute Gasteiger partial charge is 0.222 e. The van der Waals surface area contributed by atoms with Gasteiger partial charge < -0.3 is 9.80 Å². The molecule has 2 fully saturated rings. The van der Waals surface area contributed by atoms with E-state index in [2.05, 4.69) is 18.2 Å². The van der Waals surface area contributed by atoms with Gasteiger partial charge in [-0.15, -0.1) is 0 Å². The van der Waals surface area contributed by atoms with E-state index in [0.29, 0.717) is 18.3 Å². The lowest BCUT2D eigenvalue weighted by atomic mass is 9.89. The maximum Gasteiger partial charge on any atom is 0.222 e. The van der Waals surface area contributed by atoms with Crippen LogP contribution in [-0.4, -0.2) is 41.2 Å². The Morgan fingerprint density at radius 2 is 1.92 bits per heavy atom. The van der Waals surface area contributed by atoms with E-state index in [4.69, 9.17) is 0 Å². The summed E-state index contributed by atoms with van der Waals surface area (Å²) in [5, 5.41) is 0. The van der Waals surface area contributed by atoms with Gasteiger partial charge in [0.15, 0.2) is 0 Å². The van der Waals surface area contributed by atoms with E-state index in [9.17, 15) is 9.59 Å². The quantitative estimate of drug-likeness (QED) is 0.609. The zero-order valence-corrected chi connectivity index (χ0v) is 15.2. The number of hydrogen-bond acceptors (Lipinski definition) is 2. The van der Waals surface area contributed by atoms with Gasteiger partial charge in [0.2, 0.25) is 11.8 Å². The van der Waals surface area contributed by atoms with Crippen molar-refractivity contribution in [1.82, 2.24) is 9.80 Å². The lowest BCUT2D eigenvalue weighted by molar-refractivity contribution is -0.131. The first kappa shape index (κ1) is 17.7. The van der Waals surface area contributed by atoms with E-state index in [1.165, 1.54) is 5.56 Å². The Labute approximate surface area is 150 Å². The number of unbranched alkanes of at least 4 members (excludes halogenated alkanes) is 1. The molecule has 25 heavy (non-hydrogen) atoms. The summed E-state index contributed by atoms with van der Waals surface area (Å²) in [5.41, 5.74) is 1.19. The SMILES string of the molecule is C/C=C/CCCC(=O)N1C[C@@H]2CN(C(C)=O)[C@H](c3ccccc3)[C@@H]2C1. The van der Waals surface area contributed by atoms with Crippen molar-refractivity contribution in [3.8, 4) is 0 Å². The average Bonchev–Trinajstić information content (AvgIpc) is 3.17. The van der Waals surface area contributed by atoms with Crippen LogP contribution >= 0.6 is 0 Å². The van der Waals surface area contributed by atoms with Gasteiger partial charge in [-0.1, -0.05) is 42.5 Å². The van der Waals surface area contributed by atoms with Gasteiger partial charge in [-0.3, -0.25) is 9.59 Å². The molecule has 0 bridgehead atoms. The van der Waals surface area contributed by atoms with E-state index in [1.54, 1.807) is 6.92 Å². The summed E-state index contributed by atoms with van der Waals surface area (Å²) in [7, 11) is 0. The molecule has 0 aromatic heterocycles. The normalized spacial score (nSPS) is 25.6. The maximum absolute atomic E-state index is 12.5. The summed E-state index contributed by atoms with van der Waals surface area (Å²) in [4.78, 5) is 28.7. The third-order valence-corrected chi connectivity index (χ3v) is 5.56. The number of allylic oxidation sites excluding steroid dienone is 2. The van der Waals surface area contributed by atoms with Crippen molar-refractivity contribution in [2.24, 2.45) is 11.8 Å². The zero-order chi connectivity index (χ0) is 17.8. The highest BCUT2D eigenvalue weighted by atomic mass is 16.2. The predicted molar refractivity (Wildman–Crippen MR) is 98.8 cm³/mol. The molecule has 1 aromatic rings. The summed E-state index contributed by atoms with van der Waals surface area (Å²) in [6.07, 6.45) is 6.65. The van der Waals surface area contributed by atoms with Crippen molar-refractivity contribution in [3.05, 3.63) is 48.0 Å². The molecule has 3 atom stereocenters. The number of nitrogens with zero attached hydrogens (tertiary/aromatic N) is 2. The summed E-state index contributed by atoms with van der Waals surface area (Å²) in [5.74, 6) is 1.15. The number of carbonyl (C=O) groups excluding carboxylic acids is 2. The molecule has 2 heterocycles. The second-order valence-corrected chi connectivity index (χ2v) is 7.21. The second kappa shape index (κ2) is 7.85. The Morgan fingerprint density at radius 1 is 1.16 bits per heavy atom. The monoisotopic (exact) mass is 340 g/mol. The largest absolute Gasteiger partial charge is 0.342 e. The van der Waals surface area contributed by atoms with Gasteiger partial charge in [0.1, 0.15) is 0 Å². The molecule has 0 aliphatic carbocycles. The summed E-state index contributed by atoms with van der Waals surface area (Å²) >= 11 is 0. The number of hydrogen-bond donors (Lipinski definition) is 0. The summed E-state index contributed by atoms with van der Waals surface area (Å²) in [6, 6.07) is 10.4. The highest BCUT2D eigenvalue weighted by Crippen LogP contribution is 2.45. The predicted octanol–water partition coefficient (Wildman–Crippen LogP) is 3.41. The Balaban J connectivity index is 1.68. The van der Waals surface area contributed by atoms with Crippen molar-refractivity contribution < 1.29 is 9.59 Å². The summed E-state index contributed by atoms with van der Waals surface area (Å²) in [6.45, 7) is 5.99. The van der Waals surface area contributed by atoms with Crippen molar-refractivity contribution in [2.45, 2.75) is 39.2 Å². The first-order valence-corrected chi connectivity index (χ1v) is 9.33. The standard InChI is InChI=1S/C21H28N2O2/c1-3-4-5-9-12-20(25)22-13-18-14-23(16(2)24)21(19(18)15-22)17-10-7-6-8-11-17/h3-4,6-8,10-11,18-19,21H,5,9,12-15H2,1-2H3/b4-3+/t18-,19-,21-/m1/s1. The Kier molecular flexibility index (Phi) is 5.57. The van der Waals surface area contributed by atoms with Crippen LogP contribution in [0, 0.1) is 11.8 Å². The van der Waals surface area contributed by atoms with Gasteiger partial charge in [0, 0.05) is 44.8 Å². The highest BCUT2D eigenvalue weighted by molar-refractivity contribution is 5.77. The molecular formula is C21H28N2O2. The first-order chi connectivity index (χ1) is 12.1. The van der Waals surface area contributed by atoms with Crippen LogP contribution in [0.15, 0.2) is 42.5 Å². The van der Waals surface area contributed by atoms with Gasteiger partial charge in [-0.2, -0.15) is 0 Å². The molecule has 0 unspecified atom stereocenters. The second-order valence-electron chi connectivity index (χ2n) is 7.21. The van der Waals surface area contributed by atoms with Crippen molar-refractivity contribution in [1.29, 1.82) is 0 Å². The fraction of sp³-hybridized carbons (Fsp3) is 0.524. The first-order valence-electron chi connectivity index (χ1n) is 9.33. The van der Waals surface area contributed by atoms with Crippen LogP contribution in [0.25, 0.3) is 0 Å². The zero-order valence-electron chi connectivity index (χ0n) is 15.2. The summed E-state index contributed by atoms with van der Waals surface area (Å²) < 4.78 is 0. The van der Waals surface area contributed by atoms with Crippen LogP contribution in [0.4, 0.5) is 0 Å². The van der Waals surface area contributed by atoms with Gasteiger partial charge >= 0.3 is 0 Å². The number of carbonyl (C=O) groups is 2. The highest BCUT2D eigenvalue weighted by Gasteiger charge is 2.49. The minimum absolute atomic E-state index is 0.101. The van der Waals surface area contributed by atoms with E-state index in [0.717, 1.165) is 32.5 Å². The lowest BCUT2D eigenvalue weighted by Crippen LogP contribution is -2.36. The lowest BCUT2D eigenvalue weighted by Gasteiger charge is -2.29. The van der Waals surface area contributed by atoms with Crippen LogP contribution in [0.1, 0.15) is 44.7 Å². The van der Waals surface area contributed by atoms with Crippen LogP contribution < -0.4 is 0 Å². The molecule has 0 radical (unpaired) electrons. The van der Waals surface area contributed by atoms with Gasteiger partial charge in [0.25, 0.3) is 0 Å². The molecule has 2 saturated heterocycles. The molecule has 3 rings (SSSR count). The molecule has 0 saturated carbocycles. The third-order valence-electron chi connectivity index (χ3n) is 5.56. The van der Waals surface area contributed by atoms with Gasteiger partial charge in [-0.25, -0.2) is 0 Å². The van der Waals surface area contributed by atoms with E-state index in [1.807, 2.05) is 41.0 Å². The number of benzene rings is 1. The molecule has 0 spiro atoms. The Morgan fingerprint density at radius 3 is 2.60 bits per heavy atom. The molecular weight excluding hydrogens is 312 g/mol. The molecule has 2 aliphatic rings. The fourth-order valence-corrected chi connectivity index (χ4v) is 4.35. The van der Waals surface area contributed by atoms with Crippen molar-refractivity contribution in [3.63, 3.8) is 0 Å². The van der Waals surface area contributed by atoms with Crippen molar-refractivity contribution >= 4 is 11.8 Å². The fourth-order valence-electron chi connectivity index (χ4n) is 4.35. The molecule has 2 amide bonds. The molecule has 134 valence electrons. The van der Waals surface area contributed by atoms with Crippen LogP contribution in [-0.2, 0) is 9.59 Å². The van der Waals surface area contributed by atoms with Crippen LogP contribution in [0.2, 0.25) is 0 Å². The number of rotatable bonds is 5.